The Bertz CT molecular complexity index is 261. The fraction of sp³-hybridized carbons (Fsp3) is 0.500. The van der Waals surface area contributed by atoms with Gasteiger partial charge in [-0.2, -0.15) is 0 Å². The van der Waals surface area contributed by atoms with Crippen molar-refractivity contribution >= 4 is 24.2 Å². The van der Waals surface area contributed by atoms with E-state index in [-0.39, 0.29) is 18.4 Å². The highest BCUT2D eigenvalue weighted by molar-refractivity contribution is 7.98. The molecule has 0 saturated heterocycles. The lowest BCUT2D eigenvalue weighted by molar-refractivity contribution is 0.603. The van der Waals surface area contributed by atoms with Crippen molar-refractivity contribution in [2.24, 2.45) is 5.73 Å². The molecule has 0 amide bonds. The van der Waals surface area contributed by atoms with E-state index in [1.54, 1.807) is 11.8 Å². The van der Waals surface area contributed by atoms with Crippen LogP contribution in [0.4, 0.5) is 0 Å². The number of benzene rings is 1. The van der Waals surface area contributed by atoms with Crippen molar-refractivity contribution in [3.63, 3.8) is 0 Å². The highest BCUT2D eigenvalue weighted by Gasteiger charge is 2.04. The molecule has 1 unspecified atom stereocenters. The Hall–Kier alpha value is -0.180. The second-order valence-corrected chi connectivity index (χ2v) is 4.40. The predicted octanol–water partition coefficient (Wildman–Crippen LogP) is 4.02. The Kier molecular flexibility index (Phi) is 7.93. The molecule has 0 saturated carbocycles. The Morgan fingerprint density at radius 1 is 1.27 bits per heavy atom. The van der Waals surface area contributed by atoms with Gasteiger partial charge in [0, 0.05) is 10.9 Å². The van der Waals surface area contributed by atoms with Crippen LogP contribution in [0.5, 0.6) is 0 Å². The van der Waals surface area contributed by atoms with E-state index < -0.39 is 0 Å². The molecule has 1 nitrogen and oxygen atoms in total. The van der Waals surface area contributed by atoms with Gasteiger partial charge in [-0.1, -0.05) is 31.9 Å². The summed E-state index contributed by atoms with van der Waals surface area (Å²) in [5.74, 6) is 0. The van der Waals surface area contributed by atoms with Crippen molar-refractivity contribution in [2.45, 2.75) is 37.1 Å². The zero-order valence-electron chi connectivity index (χ0n) is 9.40. The molecule has 0 radical (unpaired) electrons. The van der Waals surface area contributed by atoms with Gasteiger partial charge in [0.05, 0.1) is 0 Å². The molecule has 1 atom stereocenters. The van der Waals surface area contributed by atoms with Crippen molar-refractivity contribution in [1.82, 2.24) is 0 Å². The number of unbranched alkanes of at least 4 members (excludes halogenated alkanes) is 1. The van der Waals surface area contributed by atoms with Gasteiger partial charge in [0.2, 0.25) is 0 Å². The Morgan fingerprint density at radius 3 is 2.33 bits per heavy atom. The maximum Gasteiger partial charge on any atom is 0.0294 e. The number of nitrogens with two attached hydrogens (primary N) is 1. The molecule has 15 heavy (non-hydrogen) atoms. The van der Waals surface area contributed by atoms with E-state index in [1.165, 1.54) is 23.3 Å². The average Bonchev–Trinajstić information content (AvgIpc) is 2.26. The lowest BCUT2D eigenvalue weighted by atomic mass is 10.0. The van der Waals surface area contributed by atoms with E-state index in [2.05, 4.69) is 37.4 Å². The van der Waals surface area contributed by atoms with E-state index in [0.29, 0.717) is 0 Å². The lowest BCUT2D eigenvalue weighted by Crippen LogP contribution is -2.09. The smallest absolute Gasteiger partial charge is 0.0294 e. The van der Waals surface area contributed by atoms with Crippen LogP contribution in [-0.4, -0.2) is 6.26 Å². The number of rotatable bonds is 5. The predicted molar refractivity (Wildman–Crippen MR) is 71.9 cm³/mol. The van der Waals surface area contributed by atoms with Gasteiger partial charge in [0.1, 0.15) is 0 Å². The van der Waals surface area contributed by atoms with Gasteiger partial charge >= 0.3 is 0 Å². The highest BCUT2D eigenvalue weighted by atomic mass is 35.5. The summed E-state index contributed by atoms with van der Waals surface area (Å²) in [5, 5.41) is 0. The summed E-state index contributed by atoms with van der Waals surface area (Å²) in [4.78, 5) is 1.30. The van der Waals surface area contributed by atoms with Crippen LogP contribution in [0.1, 0.15) is 37.8 Å². The average molecular weight is 246 g/mol. The Labute approximate surface area is 103 Å². The summed E-state index contributed by atoms with van der Waals surface area (Å²) in [5.41, 5.74) is 7.33. The number of halogens is 1. The van der Waals surface area contributed by atoms with Crippen molar-refractivity contribution in [3.8, 4) is 0 Å². The van der Waals surface area contributed by atoms with Crippen LogP contribution in [0.25, 0.3) is 0 Å². The molecule has 0 heterocycles. The van der Waals surface area contributed by atoms with Crippen molar-refractivity contribution in [1.29, 1.82) is 0 Å². The summed E-state index contributed by atoms with van der Waals surface area (Å²) < 4.78 is 0. The summed E-state index contributed by atoms with van der Waals surface area (Å²) in [6.07, 6.45) is 5.61. The van der Waals surface area contributed by atoms with Crippen molar-refractivity contribution in [2.75, 3.05) is 6.26 Å². The van der Waals surface area contributed by atoms with Crippen LogP contribution >= 0.6 is 24.2 Å². The first-order valence-corrected chi connectivity index (χ1v) is 6.40. The third-order valence-corrected chi connectivity index (χ3v) is 3.16. The minimum absolute atomic E-state index is 0. The van der Waals surface area contributed by atoms with E-state index in [9.17, 15) is 0 Å². The van der Waals surface area contributed by atoms with E-state index in [0.717, 1.165) is 6.42 Å². The summed E-state index contributed by atoms with van der Waals surface area (Å²) in [7, 11) is 0. The van der Waals surface area contributed by atoms with E-state index >= 15 is 0 Å². The van der Waals surface area contributed by atoms with Gasteiger partial charge in [0.25, 0.3) is 0 Å². The molecular weight excluding hydrogens is 226 g/mol. The Balaban J connectivity index is 0.00000196. The Morgan fingerprint density at radius 2 is 1.87 bits per heavy atom. The normalized spacial score (nSPS) is 11.9. The second-order valence-electron chi connectivity index (χ2n) is 3.52. The van der Waals surface area contributed by atoms with Gasteiger partial charge in [-0.15, -0.1) is 24.2 Å². The number of hydrogen-bond acceptors (Lipinski definition) is 2. The van der Waals surface area contributed by atoms with Crippen LogP contribution < -0.4 is 5.73 Å². The quantitative estimate of drug-likeness (QED) is 0.793. The summed E-state index contributed by atoms with van der Waals surface area (Å²) >= 11 is 1.77. The van der Waals surface area contributed by atoms with Crippen LogP contribution in [0.3, 0.4) is 0 Å². The first kappa shape index (κ1) is 14.8. The lowest BCUT2D eigenvalue weighted by Gasteiger charge is -2.11. The van der Waals surface area contributed by atoms with Gasteiger partial charge in [-0.3, -0.25) is 0 Å². The van der Waals surface area contributed by atoms with Gasteiger partial charge in [-0.25, -0.2) is 0 Å². The zero-order chi connectivity index (χ0) is 10.4. The molecule has 0 aliphatic carbocycles. The van der Waals surface area contributed by atoms with Crippen LogP contribution in [0, 0.1) is 0 Å². The van der Waals surface area contributed by atoms with Gasteiger partial charge in [0.15, 0.2) is 0 Å². The molecule has 0 spiro atoms. The molecular formula is C12H20ClNS. The molecule has 1 aromatic carbocycles. The molecule has 0 bridgehead atoms. The highest BCUT2D eigenvalue weighted by Crippen LogP contribution is 2.20. The third kappa shape index (κ3) is 4.92. The standard InChI is InChI=1S/C12H19NS.ClH/c1-3-4-5-12(13)10-6-8-11(14-2)9-7-10;/h6-9,12H,3-5,13H2,1-2H3;1H. The molecule has 0 aromatic heterocycles. The molecule has 1 aromatic rings. The molecule has 3 heteroatoms. The van der Waals surface area contributed by atoms with Crippen LogP contribution in [0.2, 0.25) is 0 Å². The summed E-state index contributed by atoms with van der Waals surface area (Å²) in [6.45, 7) is 2.20. The maximum atomic E-state index is 6.07. The minimum atomic E-state index is 0. The largest absolute Gasteiger partial charge is 0.324 e. The molecule has 86 valence electrons. The SMILES string of the molecule is CCCCC(N)c1ccc(SC)cc1.Cl. The van der Waals surface area contributed by atoms with Gasteiger partial charge < -0.3 is 5.73 Å². The first-order chi connectivity index (χ1) is 6.77. The molecule has 0 fully saturated rings. The van der Waals surface area contributed by atoms with Crippen molar-refractivity contribution < 1.29 is 0 Å². The van der Waals surface area contributed by atoms with Gasteiger partial charge in [-0.05, 0) is 30.4 Å². The molecule has 0 aliphatic rings. The molecule has 2 N–H and O–H groups in total. The summed E-state index contributed by atoms with van der Waals surface area (Å²) in [6, 6.07) is 8.79. The second kappa shape index (κ2) is 8.03. The molecule has 0 aliphatic heterocycles. The molecule has 1 rings (SSSR count). The monoisotopic (exact) mass is 245 g/mol. The third-order valence-electron chi connectivity index (χ3n) is 2.41. The van der Waals surface area contributed by atoms with Crippen LogP contribution in [-0.2, 0) is 0 Å². The van der Waals surface area contributed by atoms with E-state index in [4.69, 9.17) is 5.73 Å². The van der Waals surface area contributed by atoms with Crippen molar-refractivity contribution in [3.05, 3.63) is 29.8 Å². The maximum absolute atomic E-state index is 6.07. The number of thioether (sulfide) groups is 1. The van der Waals surface area contributed by atoms with E-state index in [1.807, 2.05) is 0 Å². The first-order valence-electron chi connectivity index (χ1n) is 5.17. The zero-order valence-corrected chi connectivity index (χ0v) is 11.0. The number of hydrogen-bond donors (Lipinski definition) is 1. The fourth-order valence-corrected chi connectivity index (χ4v) is 1.85. The minimum Gasteiger partial charge on any atom is -0.324 e. The van der Waals surface area contributed by atoms with Crippen LogP contribution in [0.15, 0.2) is 29.2 Å². The topological polar surface area (TPSA) is 26.0 Å². The fourth-order valence-electron chi connectivity index (χ4n) is 1.44.